The molecule has 3 aromatic carbocycles. The van der Waals surface area contributed by atoms with Crippen molar-refractivity contribution in [2.75, 3.05) is 19.3 Å². The summed E-state index contributed by atoms with van der Waals surface area (Å²) >= 11 is 0. The fraction of sp³-hybridized carbons (Fsp3) is 0.345. The second-order valence-corrected chi connectivity index (χ2v) is 11.4. The Morgan fingerprint density at radius 2 is 1.61 bits per heavy atom. The van der Waals surface area contributed by atoms with Gasteiger partial charge in [0.25, 0.3) is 5.91 Å². The summed E-state index contributed by atoms with van der Waals surface area (Å²) in [6.07, 6.45) is 3.04. The molecule has 0 aliphatic rings. The van der Waals surface area contributed by atoms with Crippen molar-refractivity contribution < 1.29 is 18.3 Å². The topological polar surface area (TPSA) is 95.5 Å². The Morgan fingerprint density at radius 3 is 2.25 bits per heavy atom. The molecule has 0 radical (unpaired) electrons. The predicted octanol–water partition coefficient (Wildman–Crippen LogP) is 4.50. The molecule has 1 atom stereocenters. The fourth-order valence-corrected chi connectivity index (χ4v) is 4.59. The first-order valence-electron chi connectivity index (χ1n) is 12.3. The first kappa shape index (κ1) is 27.6. The lowest BCUT2D eigenvalue weighted by Gasteiger charge is -2.14. The van der Waals surface area contributed by atoms with E-state index in [1.165, 1.54) is 5.56 Å². The molecular formula is C29H36N2O4S. The molecule has 0 aliphatic heterocycles. The first-order valence-corrected chi connectivity index (χ1v) is 14.2. The van der Waals surface area contributed by atoms with E-state index in [-0.39, 0.29) is 0 Å². The maximum atomic E-state index is 12.5. The number of rotatable bonds is 12. The number of aliphatic hydroxyl groups excluding tert-OH is 1. The minimum atomic E-state index is -3.63. The summed E-state index contributed by atoms with van der Waals surface area (Å²) in [4.78, 5) is 12.5. The van der Waals surface area contributed by atoms with Crippen LogP contribution in [0.3, 0.4) is 0 Å². The average molecular weight is 509 g/mol. The van der Waals surface area contributed by atoms with E-state index in [9.17, 15) is 18.3 Å². The Labute approximate surface area is 214 Å². The van der Waals surface area contributed by atoms with Crippen LogP contribution >= 0.6 is 0 Å². The number of amides is 1. The molecule has 3 N–H and O–H groups in total. The van der Waals surface area contributed by atoms with E-state index in [0.717, 1.165) is 47.9 Å². The number of nitrogens with one attached hydrogen (secondary N) is 2. The van der Waals surface area contributed by atoms with Crippen molar-refractivity contribution in [2.45, 2.75) is 39.2 Å². The van der Waals surface area contributed by atoms with Crippen molar-refractivity contribution in [3.8, 4) is 11.1 Å². The van der Waals surface area contributed by atoms with Crippen LogP contribution in [0.5, 0.6) is 0 Å². The summed E-state index contributed by atoms with van der Waals surface area (Å²) in [5.74, 6) is -0.283. The number of aliphatic hydroxyl groups is 1. The van der Waals surface area contributed by atoms with Gasteiger partial charge in [-0.3, -0.25) is 4.79 Å². The third-order valence-electron chi connectivity index (χ3n) is 5.88. The smallest absolute Gasteiger partial charge is 0.264 e. The molecule has 7 heteroatoms. The number of carbonyl (C=O) groups is 1. The van der Waals surface area contributed by atoms with Gasteiger partial charge in [-0.1, -0.05) is 80.6 Å². The Balaban J connectivity index is 1.58. The number of hydrogen-bond donors (Lipinski definition) is 3. The minimum Gasteiger partial charge on any atom is -0.387 e. The zero-order valence-electron chi connectivity index (χ0n) is 21.2. The summed E-state index contributed by atoms with van der Waals surface area (Å²) in [5.41, 5.74) is 5.40. The highest BCUT2D eigenvalue weighted by Crippen LogP contribution is 2.25. The molecule has 0 saturated carbocycles. The Kier molecular flexibility index (Phi) is 9.81. The van der Waals surface area contributed by atoms with Crippen LogP contribution in [0.25, 0.3) is 11.1 Å². The van der Waals surface area contributed by atoms with Gasteiger partial charge in [-0.2, -0.15) is 0 Å². The third kappa shape index (κ3) is 8.59. The van der Waals surface area contributed by atoms with Crippen LogP contribution in [0.1, 0.15) is 53.4 Å². The minimum absolute atomic E-state index is 0.315. The first-order chi connectivity index (χ1) is 17.1. The summed E-state index contributed by atoms with van der Waals surface area (Å²) in [6, 6.07) is 23.6. The van der Waals surface area contributed by atoms with E-state index in [1.54, 1.807) is 6.07 Å². The molecule has 0 fully saturated rings. The van der Waals surface area contributed by atoms with Gasteiger partial charge in [-0.15, -0.1) is 0 Å². The van der Waals surface area contributed by atoms with Crippen LogP contribution in [0.2, 0.25) is 0 Å². The third-order valence-corrected chi connectivity index (χ3v) is 6.44. The predicted molar refractivity (Wildman–Crippen MR) is 145 cm³/mol. The van der Waals surface area contributed by atoms with E-state index in [2.05, 4.69) is 48.2 Å². The molecule has 3 aromatic rings. The van der Waals surface area contributed by atoms with Crippen molar-refractivity contribution in [2.24, 2.45) is 5.92 Å². The lowest BCUT2D eigenvalue weighted by Crippen LogP contribution is -2.30. The highest BCUT2D eigenvalue weighted by molar-refractivity contribution is 7.89. The van der Waals surface area contributed by atoms with Gasteiger partial charge in [0.2, 0.25) is 10.0 Å². The molecule has 0 heterocycles. The average Bonchev–Trinajstić information content (AvgIpc) is 2.83. The molecule has 36 heavy (non-hydrogen) atoms. The number of aryl methyl sites for hydroxylation is 1. The summed E-state index contributed by atoms with van der Waals surface area (Å²) in [6.45, 7) is 5.48. The lowest BCUT2D eigenvalue weighted by molar-refractivity contribution is 0.0980. The molecule has 0 aromatic heterocycles. The van der Waals surface area contributed by atoms with Gasteiger partial charge in [-0.05, 0) is 65.6 Å². The molecule has 0 spiro atoms. The van der Waals surface area contributed by atoms with Crippen LogP contribution in [-0.4, -0.2) is 38.8 Å². The highest BCUT2D eigenvalue weighted by Gasteiger charge is 2.17. The quantitative estimate of drug-likeness (QED) is 0.313. The van der Waals surface area contributed by atoms with E-state index >= 15 is 0 Å². The van der Waals surface area contributed by atoms with Gasteiger partial charge >= 0.3 is 0 Å². The lowest BCUT2D eigenvalue weighted by atomic mass is 9.93. The fourth-order valence-electron chi connectivity index (χ4n) is 4.14. The van der Waals surface area contributed by atoms with Crippen molar-refractivity contribution in [3.05, 3.63) is 95.1 Å². The van der Waals surface area contributed by atoms with Crippen molar-refractivity contribution in [1.82, 2.24) is 10.0 Å². The number of carbonyl (C=O) groups excluding carboxylic acids is 1. The number of benzene rings is 3. The van der Waals surface area contributed by atoms with Crippen LogP contribution in [0.15, 0.2) is 72.8 Å². The van der Waals surface area contributed by atoms with Crippen LogP contribution < -0.4 is 10.0 Å². The molecule has 192 valence electrons. The summed E-state index contributed by atoms with van der Waals surface area (Å²) < 4.78 is 25.1. The molecule has 0 bridgehead atoms. The molecule has 6 nitrogen and oxygen atoms in total. The zero-order chi connectivity index (χ0) is 26.1. The maximum Gasteiger partial charge on any atom is 0.264 e. The second kappa shape index (κ2) is 12.8. The van der Waals surface area contributed by atoms with Gasteiger partial charge < -0.3 is 10.4 Å². The number of hydrogen-bond acceptors (Lipinski definition) is 5. The van der Waals surface area contributed by atoms with E-state index in [0.29, 0.717) is 24.4 Å². The summed E-state index contributed by atoms with van der Waals surface area (Å²) in [5, 5.41) is 13.6. The molecule has 0 saturated heterocycles. The largest absolute Gasteiger partial charge is 0.387 e. The van der Waals surface area contributed by atoms with Crippen molar-refractivity contribution >= 4 is 15.9 Å². The van der Waals surface area contributed by atoms with E-state index < -0.39 is 22.0 Å². The standard InChI is InChI=1S/C29H36N2O4S/c1-21(2)18-26-19-25(15-16-27(26)29(33)31-36(3,34)35)23-13-11-22(12-14-23)8-7-17-30-20-28(32)24-9-5-4-6-10-24/h4-6,9-16,19,21,28,30,32H,7-8,17-18,20H2,1-3H3,(H,31,33)/t28-/m1/s1. The van der Waals surface area contributed by atoms with Gasteiger partial charge in [0, 0.05) is 12.1 Å². The van der Waals surface area contributed by atoms with Gasteiger partial charge in [0.05, 0.1) is 12.4 Å². The summed E-state index contributed by atoms with van der Waals surface area (Å²) in [7, 11) is -3.63. The van der Waals surface area contributed by atoms with Crippen molar-refractivity contribution in [1.29, 1.82) is 0 Å². The van der Waals surface area contributed by atoms with Crippen LogP contribution in [-0.2, 0) is 22.9 Å². The molecular weight excluding hydrogens is 472 g/mol. The van der Waals surface area contributed by atoms with Gasteiger partial charge in [0.15, 0.2) is 0 Å². The Hall–Kier alpha value is -3.00. The van der Waals surface area contributed by atoms with E-state index in [1.807, 2.05) is 42.5 Å². The monoisotopic (exact) mass is 508 g/mol. The second-order valence-electron chi connectivity index (χ2n) is 9.60. The Morgan fingerprint density at radius 1 is 0.944 bits per heavy atom. The van der Waals surface area contributed by atoms with Crippen molar-refractivity contribution in [3.63, 3.8) is 0 Å². The Bertz CT molecular complexity index is 1240. The highest BCUT2D eigenvalue weighted by atomic mass is 32.2. The number of sulfonamides is 1. The molecule has 1 amide bonds. The maximum absolute atomic E-state index is 12.5. The zero-order valence-corrected chi connectivity index (χ0v) is 22.0. The van der Waals surface area contributed by atoms with Gasteiger partial charge in [0.1, 0.15) is 0 Å². The molecule has 0 unspecified atom stereocenters. The molecule has 0 aliphatic carbocycles. The van der Waals surface area contributed by atoms with Gasteiger partial charge in [-0.25, -0.2) is 13.1 Å². The van der Waals surface area contributed by atoms with Crippen LogP contribution in [0, 0.1) is 5.92 Å². The van der Waals surface area contributed by atoms with E-state index in [4.69, 9.17) is 0 Å². The molecule has 3 rings (SSSR count). The van der Waals surface area contributed by atoms with Crippen LogP contribution in [0.4, 0.5) is 0 Å². The normalized spacial score (nSPS) is 12.5. The SMILES string of the molecule is CC(C)Cc1cc(-c2ccc(CCCNC[C@@H](O)c3ccccc3)cc2)ccc1C(=O)NS(C)(=O)=O.